The summed E-state index contributed by atoms with van der Waals surface area (Å²) in [5.41, 5.74) is 0.786. The summed E-state index contributed by atoms with van der Waals surface area (Å²) in [5.74, 6) is 1.58. The third kappa shape index (κ3) is 5.06. The number of halogens is 1. The standard InChI is InChI=1S/C17H19BrO3/c1-13(19)16-12-14(18)8-9-17(16)21-11-5-10-20-15-6-3-2-4-7-15/h2-4,6-9,12-13,19H,5,10-11H2,1H3. The molecule has 112 valence electrons. The molecular weight excluding hydrogens is 332 g/mol. The first-order chi connectivity index (χ1) is 10.2. The maximum absolute atomic E-state index is 9.75. The molecule has 2 aromatic carbocycles. The van der Waals surface area contributed by atoms with Crippen molar-refractivity contribution in [2.75, 3.05) is 13.2 Å². The predicted octanol–water partition coefficient (Wildman–Crippen LogP) is 4.35. The molecule has 0 heterocycles. The Balaban J connectivity index is 1.78. The lowest BCUT2D eigenvalue weighted by Gasteiger charge is -2.14. The van der Waals surface area contributed by atoms with Crippen molar-refractivity contribution in [2.45, 2.75) is 19.4 Å². The molecule has 0 spiro atoms. The lowest BCUT2D eigenvalue weighted by Crippen LogP contribution is -2.07. The van der Waals surface area contributed by atoms with Gasteiger partial charge in [0.05, 0.1) is 19.3 Å². The highest BCUT2D eigenvalue weighted by atomic mass is 79.9. The minimum absolute atomic E-state index is 0.550. The van der Waals surface area contributed by atoms with Crippen LogP contribution in [0.25, 0.3) is 0 Å². The van der Waals surface area contributed by atoms with Gasteiger partial charge in [-0.1, -0.05) is 34.1 Å². The number of aliphatic hydroxyl groups is 1. The monoisotopic (exact) mass is 350 g/mol. The molecule has 1 unspecified atom stereocenters. The Kier molecular flexibility index (Phi) is 6.08. The fourth-order valence-electron chi connectivity index (χ4n) is 1.93. The summed E-state index contributed by atoms with van der Waals surface area (Å²) < 4.78 is 12.3. The molecule has 0 fully saturated rings. The van der Waals surface area contributed by atoms with Crippen LogP contribution in [0.15, 0.2) is 53.0 Å². The van der Waals surface area contributed by atoms with Crippen molar-refractivity contribution >= 4 is 15.9 Å². The summed E-state index contributed by atoms with van der Waals surface area (Å²) in [7, 11) is 0. The van der Waals surface area contributed by atoms with Gasteiger partial charge in [0, 0.05) is 16.5 Å². The van der Waals surface area contributed by atoms with Crippen molar-refractivity contribution < 1.29 is 14.6 Å². The van der Waals surface area contributed by atoms with E-state index in [1.165, 1.54) is 0 Å². The van der Waals surface area contributed by atoms with Crippen LogP contribution in [-0.4, -0.2) is 18.3 Å². The molecule has 0 aliphatic heterocycles. The van der Waals surface area contributed by atoms with Crippen LogP contribution < -0.4 is 9.47 Å². The van der Waals surface area contributed by atoms with Gasteiger partial charge in [-0.05, 0) is 37.3 Å². The normalized spacial score (nSPS) is 12.0. The van der Waals surface area contributed by atoms with E-state index in [0.717, 1.165) is 22.2 Å². The number of hydrogen-bond acceptors (Lipinski definition) is 3. The maximum atomic E-state index is 9.75. The average Bonchev–Trinajstić information content (AvgIpc) is 2.49. The van der Waals surface area contributed by atoms with E-state index >= 15 is 0 Å². The Labute approximate surface area is 133 Å². The van der Waals surface area contributed by atoms with Crippen LogP contribution in [0.5, 0.6) is 11.5 Å². The summed E-state index contributed by atoms with van der Waals surface area (Å²) in [5, 5.41) is 9.75. The first-order valence-corrected chi connectivity index (χ1v) is 7.74. The van der Waals surface area contributed by atoms with Gasteiger partial charge in [-0.15, -0.1) is 0 Å². The van der Waals surface area contributed by atoms with Crippen LogP contribution in [0.4, 0.5) is 0 Å². The molecule has 2 rings (SSSR count). The van der Waals surface area contributed by atoms with Crippen molar-refractivity contribution in [2.24, 2.45) is 0 Å². The van der Waals surface area contributed by atoms with Gasteiger partial charge in [-0.25, -0.2) is 0 Å². The van der Waals surface area contributed by atoms with Gasteiger partial charge in [0.25, 0.3) is 0 Å². The zero-order valence-electron chi connectivity index (χ0n) is 12.0. The van der Waals surface area contributed by atoms with Gasteiger partial charge in [0.2, 0.25) is 0 Å². The fourth-order valence-corrected chi connectivity index (χ4v) is 2.30. The molecule has 1 N–H and O–H groups in total. The summed E-state index contributed by atoms with van der Waals surface area (Å²) >= 11 is 3.40. The Bertz CT molecular complexity index is 555. The van der Waals surface area contributed by atoms with Crippen molar-refractivity contribution in [1.29, 1.82) is 0 Å². The second-order valence-corrected chi connectivity index (χ2v) is 5.64. The highest BCUT2D eigenvalue weighted by molar-refractivity contribution is 9.10. The van der Waals surface area contributed by atoms with Crippen LogP contribution in [0.2, 0.25) is 0 Å². The van der Waals surface area contributed by atoms with Crippen molar-refractivity contribution in [1.82, 2.24) is 0 Å². The van der Waals surface area contributed by atoms with E-state index in [1.54, 1.807) is 6.92 Å². The maximum Gasteiger partial charge on any atom is 0.125 e. The summed E-state index contributed by atoms with van der Waals surface area (Å²) in [6.07, 6.45) is 0.225. The third-order valence-corrected chi connectivity index (χ3v) is 3.47. The number of hydrogen-bond donors (Lipinski definition) is 1. The Morgan fingerprint density at radius 1 is 1.05 bits per heavy atom. The van der Waals surface area contributed by atoms with E-state index in [4.69, 9.17) is 9.47 Å². The number of aliphatic hydroxyl groups excluding tert-OH is 1. The molecule has 4 heteroatoms. The van der Waals surface area contributed by atoms with E-state index in [1.807, 2.05) is 48.5 Å². The fraction of sp³-hybridized carbons (Fsp3) is 0.294. The molecule has 0 aliphatic carbocycles. The smallest absolute Gasteiger partial charge is 0.125 e. The molecule has 0 aliphatic rings. The molecule has 0 aromatic heterocycles. The first kappa shape index (κ1) is 15.9. The molecule has 0 radical (unpaired) electrons. The first-order valence-electron chi connectivity index (χ1n) is 6.95. The lowest BCUT2D eigenvalue weighted by atomic mass is 10.1. The van der Waals surface area contributed by atoms with E-state index in [9.17, 15) is 5.11 Å². The minimum atomic E-state index is -0.557. The van der Waals surface area contributed by atoms with Gasteiger partial charge in [0.15, 0.2) is 0 Å². The summed E-state index contributed by atoms with van der Waals surface area (Å²) in [6, 6.07) is 15.4. The second kappa shape index (κ2) is 8.05. The predicted molar refractivity (Wildman–Crippen MR) is 86.8 cm³/mol. The third-order valence-electron chi connectivity index (χ3n) is 2.98. The lowest BCUT2D eigenvalue weighted by molar-refractivity contribution is 0.188. The molecule has 3 nitrogen and oxygen atoms in total. The van der Waals surface area contributed by atoms with Crippen LogP contribution in [0, 0.1) is 0 Å². The highest BCUT2D eigenvalue weighted by Crippen LogP contribution is 2.28. The van der Waals surface area contributed by atoms with Gasteiger partial charge >= 0.3 is 0 Å². The second-order valence-electron chi connectivity index (χ2n) is 4.72. The van der Waals surface area contributed by atoms with Crippen LogP contribution in [-0.2, 0) is 0 Å². The van der Waals surface area contributed by atoms with Crippen molar-refractivity contribution in [3.05, 3.63) is 58.6 Å². The number of benzene rings is 2. The van der Waals surface area contributed by atoms with E-state index < -0.39 is 6.10 Å². The molecule has 21 heavy (non-hydrogen) atoms. The van der Waals surface area contributed by atoms with Crippen molar-refractivity contribution in [3.63, 3.8) is 0 Å². The zero-order valence-corrected chi connectivity index (χ0v) is 13.5. The van der Waals surface area contributed by atoms with Gasteiger partial charge in [-0.3, -0.25) is 0 Å². The van der Waals surface area contributed by atoms with Gasteiger partial charge in [0.1, 0.15) is 11.5 Å². The highest BCUT2D eigenvalue weighted by Gasteiger charge is 2.09. The summed E-state index contributed by atoms with van der Waals surface area (Å²) in [4.78, 5) is 0. The molecular formula is C17H19BrO3. The number of ether oxygens (including phenoxy) is 2. The molecule has 0 amide bonds. The average molecular weight is 351 g/mol. The van der Waals surface area contributed by atoms with E-state index in [2.05, 4.69) is 15.9 Å². The minimum Gasteiger partial charge on any atom is -0.493 e. The number of rotatable bonds is 7. The topological polar surface area (TPSA) is 38.7 Å². The van der Waals surface area contributed by atoms with E-state index in [-0.39, 0.29) is 0 Å². The SMILES string of the molecule is CC(O)c1cc(Br)ccc1OCCCOc1ccccc1. The zero-order chi connectivity index (χ0) is 15.1. The molecule has 0 saturated heterocycles. The molecule has 0 bridgehead atoms. The Morgan fingerprint density at radius 3 is 2.48 bits per heavy atom. The largest absolute Gasteiger partial charge is 0.493 e. The summed E-state index contributed by atoms with van der Waals surface area (Å²) in [6.45, 7) is 2.88. The van der Waals surface area contributed by atoms with Gasteiger partial charge in [-0.2, -0.15) is 0 Å². The quantitative estimate of drug-likeness (QED) is 0.754. The van der Waals surface area contributed by atoms with Crippen LogP contribution in [0.3, 0.4) is 0 Å². The van der Waals surface area contributed by atoms with Crippen LogP contribution in [0.1, 0.15) is 25.0 Å². The Hall–Kier alpha value is -1.52. The van der Waals surface area contributed by atoms with Crippen molar-refractivity contribution in [3.8, 4) is 11.5 Å². The Morgan fingerprint density at radius 2 is 1.76 bits per heavy atom. The molecule has 2 aromatic rings. The van der Waals surface area contributed by atoms with Gasteiger partial charge < -0.3 is 14.6 Å². The number of para-hydroxylation sites is 1. The van der Waals surface area contributed by atoms with E-state index in [0.29, 0.717) is 19.0 Å². The van der Waals surface area contributed by atoms with Crippen LogP contribution >= 0.6 is 15.9 Å². The molecule has 1 atom stereocenters. The molecule has 0 saturated carbocycles.